The van der Waals surface area contributed by atoms with Crippen LogP contribution >= 0.6 is 15.9 Å². The number of aryl methyl sites for hydroxylation is 1. The molecule has 0 aliphatic carbocycles. The highest BCUT2D eigenvalue weighted by Crippen LogP contribution is 2.19. The number of nitrogens with zero attached hydrogens (tertiary/aromatic N) is 2. The summed E-state index contributed by atoms with van der Waals surface area (Å²) < 4.78 is 2.75. The summed E-state index contributed by atoms with van der Waals surface area (Å²) in [4.78, 5) is 0. The molecule has 0 saturated heterocycles. The lowest BCUT2D eigenvalue weighted by Crippen LogP contribution is -2.30. The third kappa shape index (κ3) is 1.69. The Morgan fingerprint density at radius 2 is 2.25 bits per heavy atom. The van der Waals surface area contributed by atoms with Crippen LogP contribution in [0, 0.1) is 6.92 Å². The fourth-order valence-corrected chi connectivity index (χ4v) is 1.09. The number of aliphatic hydroxyl groups excluding tert-OH is 1. The van der Waals surface area contributed by atoms with Crippen molar-refractivity contribution >= 4 is 15.9 Å². The van der Waals surface area contributed by atoms with Crippen LogP contribution < -0.4 is 0 Å². The number of hydrogen-bond acceptors (Lipinski definition) is 2. The van der Waals surface area contributed by atoms with E-state index in [1.54, 1.807) is 4.68 Å². The second-order valence-corrected chi connectivity index (χ2v) is 4.33. The Morgan fingerprint density at radius 3 is 2.58 bits per heavy atom. The molecule has 0 spiro atoms. The Hall–Kier alpha value is -0.350. The molecular formula is C8H13BrN2O. The van der Waals surface area contributed by atoms with Gasteiger partial charge in [0, 0.05) is 6.20 Å². The van der Waals surface area contributed by atoms with E-state index < -0.39 is 0 Å². The summed E-state index contributed by atoms with van der Waals surface area (Å²) in [6.07, 6.45) is 1.88. The first-order valence-electron chi connectivity index (χ1n) is 3.80. The lowest BCUT2D eigenvalue weighted by atomic mass is 10.1. The average Bonchev–Trinajstić information content (AvgIpc) is 2.33. The topological polar surface area (TPSA) is 38.0 Å². The lowest BCUT2D eigenvalue weighted by Gasteiger charge is -2.21. The van der Waals surface area contributed by atoms with E-state index in [1.165, 1.54) is 0 Å². The van der Waals surface area contributed by atoms with Crippen molar-refractivity contribution < 1.29 is 5.11 Å². The van der Waals surface area contributed by atoms with Crippen LogP contribution in [0.4, 0.5) is 0 Å². The van der Waals surface area contributed by atoms with E-state index in [9.17, 15) is 0 Å². The number of rotatable bonds is 2. The molecule has 0 aromatic carbocycles. The van der Waals surface area contributed by atoms with Gasteiger partial charge < -0.3 is 5.11 Å². The normalized spacial score (nSPS) is 12.1. The standard InChI is InChI=1S/C8H13BrN2O/c1-6-7(9)4-11(10-6)8(2,3)5-12/h4,12H,5H2,1-3H3. The van der Waals surface area contributed by atoms with Crippen molar-refractivity contribution in [3.8, 4) is 0 Å². The summed E-state index contributed by atoms with van der Waals surface area (Å²) in [5.74, 6) is 0. The van der Waals surface area contributed by atoms with E-state index in [1.807, 2.05) is 27.0 Å². The van der Waals surface area contributed by atoms with Gasteiger partial charge in [0.05, 0.1) is 22.3 Å². The van der Waals surface area contributed by atoms with Gasteiger partial charge in [0.15, 0.2) is 0 Å². The Labute approximate surface area is 80.5 Å². The van der Waals surface area contributed by atoms with E-state index in [0.717, 1.165) is 10.2 Å². The monoisotopic (exact) mass is 232 g/mol. The molecule has 0 atom stereocenters. The zero-order valence-electron chi connectivity index (χ0n) is 7.50. The van der Waals surface area contributed by atoms with Crippen molar-refractivity contribution in [1.29, 1.82) is 0 Å². The fourth-order valence-electron chi connectivity index (χ4n) is 0.822. The highest BCUT2D eigenvalue weighted by Gasteiger charge is 2.20. The molecule has 1 heterocycles. The summed E-state index contributed by atoms with van der Waals surface area (Å²) in [6, 6.07) is 0. The van der Waals surface area contributed by atoms with Gasteiger partial charge in [-0.3, -0.25) is 4.68 Å². The lowest BCUT2D eigenvalue weighted by molar-refractivity contribution is 0.152. The van der Waals surface area contributed by atoms with E-state index in [2.05, 4.69) is 21.0 Å². The van der Waals surface area contributed by atoms with Gasteiger partial charge in [0.2, 0.25) is 0 Å². The van der Waals surface area contributed by atoms with Crippen LogP contribution in [0.1, 0.15) is 19.5 Å². The molecule has 1 rings (SSSR count). The van der Waals surface area contributed by atoms with Crippen molar-refractivity contribution in [1.82, 2.24) is 9.78 Å². The van der Waals surface area contributed by atoms with Gasteiger partial charge in [-0.25, -0.2) is 0 Å². The molecule has 0 amide bonds. The minimum Gasteiger partial charge on any atom is -0.394 e. The highest BCUT2D eigenvalue weighted by atomic mass is 79.9. The van der Waals surface area contributed by atoms with Gasteiger partial charge in [-0.05, 0) is 36.7 Å². The molecule has 1 aromatic heterocycles. The Balaban J connectivity index is 3.04. The van der Waals surface area contributed by atoms with Crippen molar-refractivity contribution in [2.75, 3.05) is 6.61 Å². The van der Waals surface area contributed by atoms with Crippen molar-refractivity contribution in [2.45, 2.75) is 26.3 Å². The third-order valence-electron chi connectivity index (χ3n) is 1.85. The molecule has 1 aromatic rings. The van der Waals surface area contributed by atoms with Gasteiger partial charge >= 0.3 is 0 Å². The van der Waals surface area contributed by atoms with Crippen LogP contribution in [0.15, 0.2) is 10.7 Å². The van der Waals surface area contributed by atoms with Crippen molar-refractivity contribution in [3.05, 3.63) is 16.4 Å². The molecule has 0 unspecified atom stereocenters. The third-order valence-corrected chi connectivity index (χ3v) is 2.62. The smallest absolute Gasteiger partial charge is 0.0801 e. The quantitative estimate of drug-likeness (QED) is 0.843. The van der Waals surface area contributed by atoms with Gasteiger partial charge in [0.25, 0.3) is 0 Å². The van der Waals surface area contributed by atoms with E-state index in [-0.39, 0.29) is 12.1 Å². The maximum atomic E-state index is 9.07. The summed E-state index contributed by atoms with van der Waals surface area (Å²) >= 11 is 3.37. The number of aliphatic hydroxyl groups is 1. The van der Waals surface area contributed by atoms with Crippen LogP contribution in [0.25, 0.3) is 0 Å². The fraction of sp³-hybridized carbons (Fsp3) is 0.625. The second kappa shape index (κ2) is 3.18. The van der Waals surface area contributed by atoms with Crippen molar-refractivity contribution in [3.63, 3.8) is 0 Å². The van der Waals surface area contributed by atoms with Gasteiger partial charge in [-0.2, -0.15) is 5.10 Å². The summed E-state index contributed by atoms with van der Waals surface area (Å²) in [7, 11) is 0. The first kappa shape index (κ1) is 9.74. The average molecular weight is 233 g/mol. The maximum absolute atomic E-state index is 9.07. The predicted molar refractivity (Wildman–Crippen MR) is 51.1 cm³/mol. The van der Waals surface area contributed by atoms with E-state index in [4.69, 9.17) is 5.11 Å². The summed E-state index contributed by atoms with van der Waals surface area (Å²) in [5.41, 5.74) is 0.619. The first-order valence-corrected chi connectivity index (χ1v) is 4.60. The summed E-state index contributed by atoms with van der Waals surface area (Å²) in [5, 5.41) is 13.3. The molecule has 0 aliphatic heterocycles. The zero-order chi connectivity index (χ0) is 9.35. The molecule has 4 heteroatoms. The molecule has 68 valence electrons. The molecule has 0 radical (unpaired) electrons. The van der Waals surface area contributed by atoms with Crippen LogP contribution in [0.5, 0.6) is 0 Å². The summed E-state index contributed by atoms with van der Waals surface area (Å²) in [6.45, 7) is 5.88. The second-order valence-electron chi connectivity index (χ2n) is 3.48. The molecule has 12 heavy (non-hydrogen) atoms. The minimum atomic E-state index is -0.323. The van der Waals surface area contributed by atoms with Crippen LogP contribution in [0.2, 0.25) is 0 Å². The van der Waals surface area contributed by atoms with Gasteiger partial charge in [-0.1, -0.05) is 0 Å². The number of halogens is 1. The number of hydrogen-bond donors (Lipinski definition) is 1. The highest BCUT2D eigenvalue weighted by molar-refractivity contribution is 9.10. The zero-order valence-corrected chi connectivity index (χ0v) is 9.09. The SMILES string of the molecule is Cc1nn(C(C)(C)CO)cc1Br. The van der Waals surface area contributed by atoms with E-state index in [0.29, 0.717) is 0 Å². The molecule has 0 fully saturated rings. The Morgan fingerprint density at radius 1 is 1.67 bits per heavy atom. The van der Waals surface area contributed by atoms with Crippen LogP contribution in [0.3, 0.4) is 0 Å². The Kier molecular flexibility index (Phi) is 2.58. The molecule has 0 aliphatic rings. The molecule has 1 N–H and O–H groups in total. The van der Waals surface area contributed by atoms with Crippen LogP contribution in [-0.4, -0.2) is 21.5 Å². The van der Waals surface area contributed by atoms with Crippen molar-refractivity contribution in [2.24, 2.45) is 0 Å². The van der Waals surface area contributed by atoms with Gasteiger partial charge in [0.1, 0.15) is 0 Å². The maximum Gasteiger partial charge on any atom is 0.0801 e. The molecule has 0 saturated carbocycles. The van der Waals surface area contributed by atoms with E-state index >= 15 is 0 Å². The minimum absolute atomic E-state index is 0.0839. The molecule has 3 nitrogen and oxygen atoms in total. The molecular weight excluding hydrogens is 220 g/mol. The largest absolute Gasteiger partial charge is 0.394 e. The Bertz CT molecular complexity index is 261. The van der Waals surface area contributed by atoms with Gasteiger partial charge in [-0.15, -0.1) is 0 Å². The molecule has 0 bridgehead atoms. The predicted octanol–water partition coefficient (Wildman–Crippen LogP) is 1.68. The van der Waals surface area contributed by atoms with Crippen LogP contribution in [-0.2, 0) is 5.54 Å². The first-order chi connectivity index (χ1) is 5.47. The number of aromatic nitrogens is 2.